The summed E-state index contributed by atoms with van der Waals surface area (Å²) in [6.45, 7) is 10.3. The predicted octanol–water partition coefficient (Wildman–Crippen LogP) is 2.57. The molecule has 2 amide bonds. The molecule has 120 valence electrons. The Morgan fingerprint density at radius 1 is 1.19 bits per heavy atom. The maximum absolute atomic E-state index is 12.9. The third-order valence-electron chi connectivity index (χ3n) is 5.08. The van der Waals surface area contributed by atoms with E-state index >= 15 is 0 Å². The van der Waals surface area contributed by atoms with Crippen molar-refractivity contribution >= 4 is 11.8 Å². The van der Waals surface area contributed by atoms with Gasteiger partial charge in [0, 0.05) is 6.04 Å². The van der Waals surface area contributed by atoms with Gasteiger partial charge in [0.15, 0.2) is 0 Å². The molecular weight excluding hydrogens is 264 g/mol. The molecular formula is C17H30N2O2. The molecule has 4 unspecified atom stereocenters. The van der Waals surface area contributed by atoms with E-state index < -0.39 is 0 Å². The van der Waals surface area contributed by atoms with Gasteiger partial charge in [-0.15, -0.1) is 0 Å². The number of nitrogens with zero attached hydrogens (tertiary/aromatic N) is 1. The second kappa shape index (κ2) is 6.37. The number of piperazine rings is 1. The summed E-state index contributed by atoms with van der Waals surface area (Å²) in [5, 5.41) is 2.97. The normalized spacial score (nSPS) is 29.5. The summed E-state index contributed by atoms with van der Waals surface area (Å²) < 4.78 is 0. The van der Waals surface area contributed by atoms with E-state index in [2.05, 4.69) is 19.2 Å². The minimum atomic E-state index is -0.348. The number of hydrogen-bond donors (Lipinski definition) is 1. The lowest BCUT2D eigenvalue weighted by Crippen LogP contribution is -2.68. The van der Waals surface area contributed by atoms with Crippen molar-refractivity contribution in [2.75, 3.05) is 0 Å². The number of nitrogens with one attached hydrogen (secondary N) is 1. The summed E-state index contributed by atoms with van der Waals surface area (Å²) in [5.74, 6) is 1.24. The minimum Gasteiger partial charge on any atom is -0.342 e. The van der Waals surface area contributed by atoms with Crippen molar-refractivity contribution < 1.29 is 9.59 Å². The molecule has 4 heteroatoms. The van der Waals surface area contributed by atoms with E-state index in [4.69, 9.17) is 0 Å². The summed E-state index contributed by atoms with van der Waals surface area (Å²) >= 11 is 0. The monoisotopic (exact) mass is 294 g/mol. The molecule has 4 atom stereocenters. The van der Waals surface area contributed by atoms with Gasteiger partial charge >= 0.3 is 0 Å². The van der Waals surface area contributed by atoms with E-state index in [0.29, 0.717) is 0 Å². The van der Waals surface area contributed by atoms with Crippen molar-refractivity contribution in [3.05, 3.63) is 0 Å². The second-order valence-electron chi connectivity index (χ2n) is 7.33. The Hall–Kier alpha value is -1.06. The van der Waals surface area contributed by atoms with Gasteiger partial charge in [-0.05, 0) is 31.1 Å². The van der Waals surface area contributed by atoms with Gasteiger partial charge in [-0.25, -0.2) is 0 Å². The Morgan fingerprint density at radius 3 is 2.29 bits per heavy atom. The van der Waals surface area contributed by atoms with Crippen LogP contribution in [0.5, 0.6) is 0 Å². The predicted molar refractivity (Wildman–Crippen MR) is 83.7 cm³/mol. The SMILES string of the molecule is CCC(C)C1NC(=O)C(C(C)C)N(C(C)CC2CC2)C1=O. The zero-order valence-corrected chi connectivity index (χ0v) is 14.1. The van der Waals surface area contributed by atoms with E-state index in [-0.39, 0.29) is 41.8 Å². The molecule has 1 N–H and O–H groups in total. The van der Waals surface area contributed by atoms with Gasteiger partial charge in [-0.2, -0.15) is 0 Å². The molecule has 0 aromatic carbocycles. The van der Waals surface area contributed by atoms with Crippen LogP contribution in [0.3, 0.4) is 0 Å². The Morgan fingerprint density at radius 2 is 1.81 bits per heavy atom. The highest BCUT2D eigenvalue weighted by molar-refractivity contribution is 5.97. The van der Waals surface area contributed by atoms with Gasteiger partial charge in [0.05, 0.1) is 0 Å². The van der Waals surface area contributed by atoms with Crippen LogP contribution in [0.1, 0.15) is 60.3 Å². The molecule has 1 aliphatic heterocycles. The smallest absolute Gasteiger partial charge is 0.246 e. The molecule has 2 fully saturated rings. The van der Waals surface area contributed by atoms with Gasteiger partial charge in [-0.3, -0.25) is 9.59 Å². The first kappa shape index (κ1) is 16.3. The highest BCUT2D eigenvalue weighted by Crippen LogP contribution is 2.36. The van der Waals surface area contributed by atoms with Crippen molar-refractivity contribution in [1.29, 1.82) is 0 Å². The molecule has 1 saturated carbocycles. The zero-order valence-electron chi connectivity index (χ0n) is 14.1. The van der Waals surface area contributed by atoms with Crippen LogP contribution < -0.4 is 5.32 Å². The Balaban J connectivity index is 2.22. The number of carbonyl (C=O) groups excluding carboxylic acids is 2. The summed E-state index contributed by atoms with van der Waals surface area (Å²) in [6, 6.07) is -0.499. The maximum Gasteiger partial charge on any atom is 0.246 e. The molecule has 0 aromatic heterocycles. The number of rotatable bonds is 6. The van der Waals surface area contributed by atoms with E-state index in [1.165, 1.54) is 12.8 Å². The van der Waals surface area contributed by atoms with Crippen molar-refractivity contribution in [3.8, 4) is 0 Å². The third kappa shape index (κ3) is 3.41. The summed E-state index contributed by atoms with van der Waals surface area (Å²) in [6.07, 6.45) is 4.49. The van der Waals surface area contributed by atoms with Crippen LogP contribution in [0.25, 0.3) is 0 Å². The first-order valence-electron chi connectivity index (χ1n) is 8.49. The molecule has 0 radical (unpaired) electrons. The Labute approximate surface area is 128 Å². The first-order valence-corrected chi connectivity index (χ1v) is 8.49. The Bertz CT molecular complexity index is 404. The van der Waals surface area contributed by atoms with Crippen molar-refractivity contribution in [2.24, 2.45) is 17.8 Å². The summed E-state index contributed by atoms with van der Waals surface area (Å²) in [5.41, 5.74) is 0. The van der Waals surface area contributed by atoms with Crippen LogP contribution in [0.4, 0.5) is 0 Å². The molecule has 2 rings (SSSR count). The van der Waals surface area contributed by atoms with Crippen molar-refractivity contribution in [1.82, 2.24) is 10.2 Å². The van der Waals surface area contributed by atoms with Crippen LogP contribution in [0.15, 0.2) is 0 Å². The van der Waals surface area contributed by atoms with Gasteiger partial charge in [0.25, 0.3) is 0 Å². The lowest BCUT2D eigenvalue weighted by Gasteiger charge is -2.45. The molecule has 1 saturated heterocycles. The van der Waals surface area contributed by atoms with Gasteiger partial charge in [0.2, 0.25) is 11.8 Å². The lowest BCUT2D eigenvalue weighted by molar-refractivity contribution is -0.155. The van der Waals surface area contributed by atoms with Crippen LogP contribution in [-0.4, -0.2) is 34.8 Å². The average molecular weight is 294 g/mol. The molecule has 4 nitrogen and oxygen atoms in total. The number of carbonyl (C=O) groups is 2. The molecule has 0 aromatic rings. The molecule has 0 spiro atoms. The summed E-state index contributed by atoms with van der Waals surface area (Å²) in [4.78, 5) is 27.4. The highest BCUT2D eigenvalue weighted by Gasteiger charge is 2.45. The van der Waals surface area contributed by atoms with Gasteiger partial charge in [-0.1, -0.05) is 47.0 Å². The van der Waals surface area contributed by atoms with Crippen molar-refractivity contribution in [2.45, 2.75) is 78.4 Å². The fraction of sp³-hybridized carbons (Fsp3) is 0.882. The maximum atomic E-state index is 12.9. The number of hydrogen-bond acceptors (Lipinski definition) is 2. The minimum absolute atomic E-state index is 0.0255. The van der Waals surface area contributed by atoms with Crippen molar-refractivity contribution in [3.63, 3.8) is 0 Å². The fourth-order valence-electron chi connectivity index (χ4n) is 3.41. The highest BCUT2D eigenvalue weighted by atomic mass is 16.2. The third-order valence-corrected chi connectivity index (χ3v) is 5.08. The van der Waals surface area contributed by atoms with E-state index in [1.807, 2.05) is 25.7 Å². The van der Waals surface area contributed by atoms with Crippen LogP contribution in [0.2, 0.25) is 0 Å². The zero-order chi connectivity index (χ0) is 15.7. The fourth-order valence-corrected chi connectivity index (χ4v) is 3.41. The Kier molecular flexibility index (Phi) is 4.95. The van der Waals surface area contributed by atoms with Crippen LogP contribution >= 0.6 is 0 Å². The van der Waals surface area contributed by atoms with Crippen LogP contribution in [-0.2, 0) is 9.59 Å². The standard InChI is InChI=1S/C17H30N2O2/c1-6-11(4)14-17(21)19(12(5)9-13-7-8-13)15(10(2)3)16(20)18-14/h10-15H,6-9H2,1-5H3,(H,18,20). The number of amides is 2. The topological polar surface area (TPSA) is 49.4 Å². The van der Waals surface area contributed by atoms with Crippen LogP contribution in [0, 0.1) is 17.8 Å². The first-order chi connectivity index (χ1) is 9.86. The molecule has 1 aliphatic carbocycles. The second-order valence-corrected chi connectivity index (χ2v) is 7.33. The average Bonchev–Trinajstić information content (AvgIpc) is 3.22. The van der Waals surface area contributed by atoms with Gasteiger partial charge in [0.1, 0.15) is 12.1 Å². The molecule has 1 heterocycles. The molecule has 21 heavy (non-hydrogen) atoms. The van der Waals surface area contributed by atoms with Gasteiger partial charge < -0.3 is 10.2 Å². The lowest BCUT2D eigenvalue weighted by atomic mass is 9.89. The van der Waals surface area contributed by atoms with E-state index in [0.717, 1.165) is 18.8 Å². The quantitative estimate of drug-likeness (QED) is 0.818. The summed E-state index contributed by atoms with van der Waals surface area (Å²) in [7, 11) is 0. The van der Waals surface area contributed by atoms with E-state index in [9.17, 15) is 9.59 Å². The van der Waals surface area contributed by atoms with E-state index in [1.54, 1.807) is 0 Å². The molecule has 0 bridgehead atoms. The molecule has 2 aliphatic rings. The largest absolute Gasteiger partial charge is 0.342 e.